The number of aryl methyl sites for hydroxylation is 1. The highest BCUT2D eigenvalue weighted by Gasteiger charge is 2.28. The lowest BCUT2D eigenvalue weighted by molar-refractivity contribution is 0.102. The van der Waals surface area contributed by atoms with E-state index in [1.165, 1.54) is 47.1 Å². The summed E-state index contributed by atoms with van der Waals surface area (Å²) in [5.74, 6) is -0.792. The lowest BCUT2D eigenvalue weighted by Crippen LogP contribution is -2.26. The number of carbonyl (C=O) groups excluding carboxylic acids is 1. The summed E-state index contributed by atoms with van der Waals surface area (Å²) in [5, 5.41) is 13.6. The maximum atomic E-state index is 14.2. The minimum Gasteiger partial charge on any atom is -0.319 e. The number of rotatable bonds is 6. The Labute approximate surface area is 166 Å². The van der Waals surface area contributed by atoms with Crippen LogP contribution in [-0.4, -0.2) is 40.6 Å². The number of nitrogens with zero attached hydrogens (tertiary/aromatic N) is 4. The van der Waals surface area contributed by atoms with Gasteiger partial charge >= 0.3 is 0 Å². The molecule has 1 aliphatic rings. The molecule has 4 rings (SSSR count). The predicted octanol–water partition coefficient (Wildman–Crippen LogP) is 1.80. The lowest BCUT2D eigenvalue weighted by Gasteiger charge is -2.10. The van der Waals surface area contributed by atoms with Crippen LogP contribution in [0.3, 0.4) is 0 Å². The number of halogens is 1. The van der Waals surface area contributed by atoms with Gasteiger partial charge in [0.05, 0.1) is 16.3 Å². The first-order valence-electron chi connectivity index (χ1n) is 8.82. The number of sulfonamides is 1. The molecule has 1 amide bonds. The van der Waals surface area contributed by atoms with Crippen molar-refractivity contribution in [3.05, 3.63) is 59.7 Å². The summed E-state index contributed by atoms with van der Waals surface area (Å²) in [6, 6.07) is 9.59. The first-order chi connectivity index (χ1) is 13.8. The van der Waals surface area contributed by atoms with Gasteiger partial charge < -0.3 is 5.32 Å². The smallest absolute Gasteiger partial charge is 0.255 e. The van der Waals surface area contributed by atoms with Crippen molar-refractivity contribution in [2.45, 2.75) is 30.7 Å². The zero-order chi connectivity index (χ0) is 20.6. The Kier molecular flexibility index (Phi) is 4.84. The van der Waals surface area contributed by atoms with E-state index in [9.17, 15) is 17.6 Å². The third-order valence-electron chi connectivity index (χ3n) is 4.37. The summed E-state index contributed by atoms with van der Waals surface area (Å²) >= 11 is 0. The largest absolute Gasteiger partial charge is 0.319 e. The zero-order valence-corrected chi connectivity index (χ0v) is 16.1. The second-order valence-electron chi connectivity index (χ2n) is 6.68. The summed E-state index contributed by atoms with van der Waals surface area (Å²) in [6.07, 6.45) is 1.60. The van der Waals surface area contributed by atoms with Crippen LogP contribution in [0.15, 0.2) is 47.4 Å². The van der Waals surface area contributed by atoms with E-state index in [4.69, 9.17) is 0 Å². The second kappa shape index (κ2) is 7.33. The lowest BCUT2D eigenvalue weighted by atomic mass is 10.2. The van der Waals surface area contributed by atoms with Gasteiger partial charge in [0, 0.05) is 11.6 Å². The van der Waals surface area contributed by atoms with Gasteiger partial charge in [0.2, 0.25) is 10.0 Å². The molecular formula is C18H17FN6O3S. The first kappa shape index (κ1) is 19.2. The van der Waals surface area contributed by atoms with Crippen molar-refractivity contribution in [2.75, 3.05) is 5.32 Å². The van der Waals surface area contributed by atoms with Gasteiger partial charge in [-0.25, -0.2) is 17.5 Å². The Balaban J connectivity index is 1.58. The van der Waals surface area contributed by atoms with Crippen LogP contribution in [0, 0.1) is 12.7 Å². The highest BCUT2D eigenvalue weighted by atomic mass is 32.2. The van der Waals surface area contributed by atoms with Crippen LogP contribution in [0.4, 0.5) is 10.1 Å². The van der Waals surface area contributed by atoms with E-state index < -0.39 is 21.7 Å². The van der Waals surface area contributed by atoms with Gasteiger partial charge in [-0.3, -0.25) is 4.79 Å². The van der Waals surface area contributed by atoms with Crippen LogP contribution in [-0.2, 0) is 10.0 Å². The number of benzene rings is 2. The van der Waals surface area contributed by atoms with Gasteiger partial charge in [-0.1, -0.05) is 6.07 Å². The fraction of sp³-hybridized carbons (Fsp3) is 0.222. The second-order valence-corrected chi connectivity index (χ2v) is 8.39. The third kappa shape index (κ3) is 4.15. The molecule has 1 saturated carbocycles. The third-order valence-corrected chi connectivity index (χ3v) is 5.89. The molecule has 0 saturated heterocycles. The van der Waals surface area contributed by atoms with E-state index in [0.717, 1.165) is 12.8 Å². The molecule has 0 aliphatic heterocycles. The number of hydrogen-bond acceptors (Lipinski definition) is 6. The molecule has 1 aliphatic carbocycles. The van der Waals surface area contributed by atoms with E-state index in [0.29, 0.717) is 11.5 Å². The van der Waals surface area contributed by atoms with Crippen LogP contribution >= 0.6 is 0 Å². The molecule has 0 spiro atoms. The van der Waals surface area contributed by atoms with Gasteiger partial charge in [-0.2, -0.15) is 4.68 Å². The Hall–Kier alpha value is -3.18. The summed E-state index contributed by atoms with van der Waals surface area (Å²) < 4.78 is 42.9. The summed E-state index contributed by atoms with van der Waals surface area (Å²) in [7, 11) is -3.70. The average molecular weight is 416 g/mol. The molecule has 29 heavy (non-hydrogen) atoms. The van der Waals surface area contributed by atoms with Crippen LogP contribution in [0.5, 0.6) is 0 Å². The minimum atomic E-state index is -3.70. The van der Waals surface area contributed by atoms with Crippen molar-refractivity contribution in [3.8, 4) is 5.69 Å². The summed E-state index contributed by atoms with van der Waals surface area (Å²) in [6.45, 7) is 1.68. The number of aromatic nitrogens is 4. The molecule has 1 aromatic heterocycles. The van der Waals surface area contributed by atoms with E-state index in [2.05, 4.69) is 25.6 Å². The Morgan fingerprint density at radius 2 is 2.00 bits per heavy atom. The van der Waals surface area contributed by atoms with E-state index >= 15 is 0 Å². The van der Waals surface area contributed by atoms with Gasteiger partial charge in [0.1, 0.15) is 5.82 Å². The average Bonchev–Trinajstić information content (AvgIpc) is 3.40. The number of carbonyl (C=O) groups is 1. The Morgan fingerprint density at radius 3 is 2.69 bits per heavy atom. The number of anilines is 1. The van der Waals surface area contributed by atoms with Crippen LogP contribution in [0.25, 0.3) is 5.69 Å². The molecule has 150 valence electrons. The molecule has 0 radical (unpaired) electrons. The van der Waals surface area contributed by atoms with Gasteiger partial charge in [-0.15, -0.1) is 5.10 Å². The molecule has 0 bridgehead atoms. The van der Waals surface area contributed by atoms with Crippen LogP contribution in [0.2, 0.25) is 0 Å². The molecule has 9 nitrogen and oxygen atoms in total. The number of tetrazole rings is 1. The SMILES string of the molecule is Cc1nnnn1-c1ccc(F)c(NC(=O)c2cccc(S(=O)(=O)NC3CC3)c2)c1. The van der Waals surface area contributed by atoms with Crippen LogP contribution in [0.1, 0.15) is 29.0 Å². The fourth-order valence-corrected chi connectivity index (χ4v) is 4.05. The molecule has 2 aromatic carbocycles. The van der Waals surface area contributed by atoms with Gasteiger partial charge in [0.25, 0.3) is 5.91 Å². The van der Waals surface area contributed by atoms with E-state index in [1.807, 2.05) is 0 Å². The molecule has 0 unspecified atom stereocenters. The van der Waals surface area contributed by atoms with Crippen molar-refractivity contribution in [2.24, 2.45) is 0 Å². The monoisotopic (exact) mass is 416 g/mol. The van der Waals surface area contributed by atoms with Crippen molar-refractivity contribution < 1.29 is 17.6 Å². The molecule has 11 heteroatoms. The number of nitrogens with one attached hydrogen (secondary N) is 2. The molecule has 3 aromatic rings. The maximum absolute atomic E-state index is 14.2. The molecule has 2 N–H and O–H groups in total. The highest BCUT2D eigenvalue weighted by molar-refractivity contribution is 7.89. The quantitative estimate of drug-likeness (QED) is 0.633. The predicted molar refractivity (Wildman–Crippen MR) is 102 cm³/mol. The number of hydrogen-bond donors (Lipinski definition) is 2. The van der Waals surface area contributed by atoms with Crippen molar-refractivity contribution >= 4 is 21.6 Å². The van der Waals surface area contributed by atoms with Crippen LogP contribution < -0.4 is 10.0 Å². The number of amides is 1. The summed E-state index contributed by atoms with van der Waals surface area (Å²) in [5.41, 5.74) is 0.480. The Bertz CT molecular complexity index is 1190. The molecule has 0 atom stereocenters. The standard InChI is InChI=1S/C18H17FN6O3S/c1-11-21-23-24-25(11)14-7-8-16(19)17(10-14)20-18(26)12-3-2-4-15(9-12)29(27,28)22-13-5-6-13/h2-4,7-10,13,22H,5-6H2,1H3,(H,20,26). The van der Waals surface area contributed by atoms with E-state index in [-0.39, 0.29) is 22.2 Å². The molecule has 1 heterocycles. The zero-order valence-electron chi connectivity index (χ0n) is 15.3. The topological polar surface area (TPSA) is 119 Å². The molecule has 1 fully saturated rings. The first-order valence-corrected chi connectivity index (χ1v) is 10.3. The fourth-order valence-electron chi connectivity index (χ4n) is 2.70. The van der Waals surface area contributed by atoms with Gasteiger partial charge in [0.15, 0.2) is 5.82 Å². The summed E-state index contributed by atoms with van der Waals surface area (Å²) in [4.78, 5) is 12.6. The maximum Gasteiger partial charge on any atom is 0.255 e. The minimum absolute atomic E-state index is 0.0180. The highest BCUT2D eigenvalue weighted by Crippen LogP contribution is 2.23. The van der Waals surface area contributed by atoms with Crippen molar-refractivity contribution in [3.63, 3.8) is 0 Å². The van der Waals surface area contributed by atoms with E-state index in [1.54, 1.807) is 6.92 Å². The molecular weight excluding hydrogens is 399 g/mol. The van der Waals surface area contributed by atoms with Crippen molar-refractivity contribution in [1.82, 2.24) is 24.9 Å². The Morgan fingerprint density at radius 1 is 1.21 bits per heavy atom. The van der Waals surface area contributed by atoms with Gasteiger partial charge in [-0.05, 0) is 66.6 Å². The van der Waals surface area contributed by atoms with Crippen molar-refractivity contribution in [1.29, 1.82) is 0 Å². The normalized spacial score (nSPS) is 14.0.